The summed E-state index contributed by atoms with van der Waals surface area (Å²) in [6, 6.07) is 5.42. The highest BCUT2D eigenvalue weighted by Crippen LogP contribution is 2.22. The zero-order valence-electron chi connectivity index (χ0n) is 12.2. The molecule has 0 unspecified atom stereocenters. The van der Waals surface area contributed by atoms with Gasteiger partial charge in [0, 0.05) is 20.3 Å². The van der Waals surface area contributed by atoms with Gasteiger partial charge in [0.25, 0.3) is 5.91 Å². The summed E-state index contributed by atoms with van der Waals surface area (Å²) in [5.41, 5.74) is 0.648. The van der Waals surface area contributed by atoms with E-state index in [1.54, 1.807) is 16.8 Å². The van der Waals surface area contributed by atoms with Crippen LogP contribution in [0, 0.1) is 0 Å². The molecular formula is C14H16Br2N4OS. The second-order valence-corrected chi connectivity index (χ2v) is 7.61. The predicted octanol–water partition coefficient (Wildman–Crippen LogP) is 3.40. The molecule has 1 aromatic carbocycles. The van der Waals surface area contributed by atoms with Crippen LogP contribution >= 0.6 is 44.5 Å². The maximum atomic E-state index is 12.5. The van der Waals surface area contributed by atoms with Gasteiger partial charge in [-0.25, -0.2) is 0 Å². The van der Waals surface area contributed by atoms with Crippen LogP contribution in [-0.4, -0.2) is 26.7 Å². The van der Waals surface area contributed by atoms with Gasteiger partial charge in [-0.1, -0.05) is 37.1 Å². The average Bonchev–Trinajstić information content (AvgIpc) is 2.87. The molecule has 5 nitrogen and oxygen atoms in total. The third-order valence-electron chi connectivity index (χ3n) is 3.06. The van der Waals surface area contributed by atoms with Crippen molar-refractivity contribution in [1.29, 1.82) is 0 Å². The predicted molar refractivity (Wildman–Crippen MR) is 96.2 cm³/mol. The second-order valence-electron chi connectivity index (χ2n) is 5.33. The van der Waals surface area contributed by atoms with Crippen molar-refractivity contribution in [2.45, 2.75) is 25.9 Å². The van der Waals surface area contributed by atoms with Crippen LogP contribution in [0.5, 0.6) is 0 Å². The minimum absolute atomic E-state index is 0.171. The molecule has 0 atom stereocenters. The summed E-state index contributed by atoms with van der Waals surface area (Å²) in [5, 5.41) is 11.1. The minimum atomic E-state index is -0.624. The number of hydrogen-bond acceptors (Lipinski definition) is 4. The van der Waals surface area contributed by atoms with Crippen LogP contribution in [0.15, 0.2) is 33.3 Å². The number of nitrogens with zero attached hydrogens (tertiary/aromatic N) is 3. The smallest absolute Gasteiger partial charge is 0.252 e. The molecule has 0 radical (unpaired) electrons. The third-order valence-corrected chi connectivity index (χ3v) is 4.17. The lowest BCUT2D eigenvalue weighted by molar-refractivity contribution is 0.0910. The molecule has 0 saturated heterocycles. The van der Waals surface area contributed by atoms with Gasteiger partial charge >= 0.3 is 0 Å². The Balaban J connectivity index is 2.17. The zero-order valence-corrected chi connectivity index (χ0v) is 16.2. The first-order valence-electron chi connectivity index (χ1n) is 6.62. The van der Waals surface area contributed by atoms with Crippen molar-refractivity contribution in [3.8, 4) is 0 Å². The largest absolute Gasteiger partial charge is 0.341 e. The number of carbonyl (C=O) groups excluding carboxylic acids is 1. The quantitative estimate of drug-likeness (QED) is 0.690. The van der Waals surface area contributed by atoms with Crippen LogP contribution in [0.2, 0.25) is 0 Å². The summed E-state index contributed by atoms with van der Waals surface area (Å²) in [7, 11) is 0. The Morgan fingerprint density at radius 2 is 1.95 bits per heavy atom. The molecule has 0 aliphatic rings. The highest BCUT2D eigenvalue weighted by atomic mass is 79.9. The van der Waals surface area contributed by atoms with Crippen molar-refractivity contribution in [3.63, 3.8) is 0 Å². The Bertz CT molecular complexity index is 667. The normalized spacial score (nSPS) is 11.5. The topological polar surface area (TPSA) is 59.8 Å². The van der Waals surface area contributed by atoms with E-state index < -0.39 is 5.54 Å². The van der Waals surface area contributed by atoms with E-state index in [0.29, 0.717) is 23.6 Å². The molecule has 0 fully saturated rings. The van der Waals surface area contributed by atoms with Crippen molar-refractivity contribution in [2.75, 3.05) is 5.75 Å². The molecule has 22 heavy (non-hydrogen) atoms. The van der Waals surface area contributed by atoms with Crippen molar-refractivity contribution in [1.82, 2.24) is 20.3 Å². The molecule has 0 saturated carbocycles. The lowest BCUT2D eigenvalue weighted by Crippen LogP contribution is -2.41. The Labute approximate surface area is 151 Å². The van der Waals surface area contributed by atoms with Crippen LogP contribution in [0.25, 0.3) is 0 Å². The summed E-state index contributed by atoms with van der Waals surface area (Å²) < 4.78 is 3.39. The number of aromatic nitrogens is 3. The maximum absolute atomic E-state index is 12.5. The summed E-state index contributed by atoms with van der Waals surface area (Å²) in [4.78, 5) is 12.5. The third kappa shape index (κ3) is 4.33. The number of benzene rings is 1. The van der Waals surface area contributed by atoms with Gasteiger partial charge in [-0.3, -0.25) is 9.48 Å². The van der Waals surface area contributed by atoms with E-state index in [4.69, 9.17) is 0 Å². The molecule has 1 amide bonds. The molecule has 0 bridgehead atoms. The van der Waals surface area contributed by atoms with Gasteiger partial charge < -0.3 is 5.32 Å². The molecule has 2 rings (SSSR count). The van der Waals surface area contributed by atoms with Crippen LogP contribution in [0.1, 0.15) is 29.9 Å². The average molecular weight is 448 g/mol. The number of hydrogen-bond donors (Lipinski definition) is 2. The van der Waals surface area contributed by atoms with Gasteiger partial charge in [-0.15, -0.1) is 5.10 Å². The minimum Gasteiger partial charge on any atom is -0.341 e. The summed E-state index contributed by atoms with van der Waals surface area (Å²) >= 11 is 10.9. The summed E-state index contributed by atoms with van der Waals surface area (Å²) in [6.07, 6.45) is 1.83. The number of amides is 1. The Morgan fingerprint density at radius 3 is 2.55 bits per heavy atom. The second kappa shape index (κ2) is 7.14. The number of rotatable bonds is 5. The Morgan fingerprint density at radius 1 is 1.32 bits per heavy atom. The van der Waals surface area contributed by atoms with E-state index in [-0.39, 0.29) is 5.91 Å². The van der Waals surface area contributed by atoms with E-state index in [1.165, 1.54) is 0 Å². The molecule has 8 heteroatoms. The highest BCUT2D eigenvalue weighted by molar-refractivity contribution is 9.11. The number of halogens is 2. The first-order valence-corrected chi connectivity index (χ1v) is 8.84. The fourth-order valence-electron chi connectivity index (χ4n) is 1.90. The standard InChI is InChI=1S/C14H16Br2N4OS/c1-14(2,12-8-20(3-4-22)19-18-12)17-13(21)9-5-10(15)7-11(16)6-9/h5-8,22H,3-4H2,1-2H3,(H,17,21). The van der Waals surface area contributed by atoms with Gasteiger partial charge in [0.1, 0.15) is 5.69 Å². The molecule has 118 valence electrons. The first kappa shape index (κ1) is 17.5. The van der Waals surface area contributed by atoms with Gasteiger partial charge in [-0.05, 0) is 32.0 Å². The molecule has 0 aliphatic carbocycles. The summed E-state index contributed by atoms with van der Waals surface area (Å²) in [6.45, 7) is 4.47. The fourth-order valence-corrected chi connectivity index (χ4v) is 3.40. The zero-order chi connectivity index (χ0) is 16.3. The van der Waals surface area contributed by atoms with Crippen LogP contribution in [0.4, 0.5) is 0 Å². The lowest BCUT2D eigenvalue weighted by atomic mass is 10.0. The molecule has 2 aromatic rings. The van der Waals surface area contributed by atoms with Gasteiger partial charge in [0.05, 0.1) is 18.3 Å². The van der Waals surface area contributed by atoms with E-state index in [1.807, 2.05) is 26.1 Å². The first-order chi connectivity index (χ1) is 10.3. The van der Waals surface area contributed by atoms with E-state index in [2.05, 4.69) is 60.1 Å². The molecule has 1 N–H and O–H groups in total. The Hall–Kier alpha value is -0.860. The van der Waals surface area contributed by atoms with E-state index in [0.717, 1.165) is 8.95 Å². The Kier molecular flexibility index (Phi) is 5.68. The number of carbonyl (C=O) groups is 1. The van der Waals surface area contributed by atoms with Crippen molar-refractivity contribution < 1.29 is 4.79 Å². The molecule has 0 spiro atoms. The molecule has 0 aliphatic heterocycles. The van der Waals surface area contributed by atoms with Gasteiger partial charge in [-0.2, -0.15) is 12.6 Å². The number of aryl methyl sites for hydroxylation is 1. The number of nitrogens with one attached hydrogen (secondary N) is 1. The van der Waals surface area contributed by atoms with Gasteiger partial charge in [0.15, 0.2) is 0 Å². The number of thiol groups is 1. The van der Waals surface area contributed by atoms with Crippen LogP contribution in [0.3, 0.4) is 0 Å². The molecular weight excluding hydrogens is 432 g/mol. The van der Waals surface area contributed by atoms with Crippen molar-refractivity contribution >= 4 is 50.4 Å². The summed E-state index contributed by atoms with van der Waals surface area (Å²) in [5.74, 6) is 0.512. The SMILES string of the molecule is CC(C)(NC(=O)c1cc(Br)cc(Br)c1)c1cn(CCS)nn1. The molecule has 1 aromatic heterocycles. The monoisotopic (exact) mass is 446 g/mol. The van der Waals surface area contributed by atoms with E-state index >= 15 is 0 Å². The van der Waals surface area contributed by atoms with E-state index in [9.17, 15) is 4.79 Å². The maximum Gasteiger partial charge on any atom is 0.252 e. The van der Waals surface area contributed by atoms with Crippen molar-refractivity contribution in [2.24, 2.45) is 0 Å². The van der Waals surface area contributed by atoms with Crippen LogP contribution in [-0.2, 0) is 12.1 Å². The van der Waals surface area contributed by atoms with Crippen molar-refractivity contribution in [3.05, 3.63) is 44.6 Å². The fraction of sp³-hybridized carbons (Fsp3) is 0.357. The van der Waals surface area contributed by atoms with Gasteiger partial charge in [0.2, 0.25) is 0 Å². The lowest BCUT2D eigenvalue weighted by Gasteiger charge is -2.23. The van der Waals surface area contributed by atoms with Crippen LogP contribution < -0.4 is 5.32 Å². The molecule has 1 heterocycles. The highest BCUT2D eigenvalue weighted by Gasteiger charge is 2.27.